The first-order valence-corrected chi connectivity index (χ1v) is 6.29. The second kappa shape index (κ2) is 6.04. The van der Waals surface area contributed by atoms with E-state index in [1.54, 1.807) is 25.1 Å². The molecule has 2 aromatic carbocycles. The van der Waals surface area contributed by atoms with E-state index in [-0.39, 0.29) is 12.4 Å². The zero-order valence-electron chi connectivity index (χ0n) is 10.4. The average molecular weight is 281 g/mol. The predicted molar refractivity (Wildman–Crippen MR) is 72.8 cm³/mol. The third-order valence-electron chi connectivity index (χ3n) is 2.77. The van der Waals surface area contributed by atoms with Gasteiger partial charge in [0.25, 0.3) is 0 Å². The Balaban J connectivity index is 2.14. The standard InChI is InChI=1S/C15H14ClFO2/c1-10(18)13-4-2-3-5-15(13)19-9-11-6-7-12(17)8-14(11)16/h2-8,10,18H,9H2,1H3/t10-/m0/s1. The molecule has 0 amide bonds. The van der Waals surface area contributed by atoms with Gasteiger partial charge < -0.3 is 9.84 Å². The van der Waals surface area contributed by atoms with Crippen molar-refractivity contribution in [2.45, 2.75) is 19.6 Å². The van der Waals surface area contributed by atoms with E-state index in [1.165, 1.54) is 12.1 Å². The lowest BCUT2D eigenvalue weighted by Gasteiger charge is -2.13. The van der Waals surface area contributed by atoms with E-state index >= 15 is 0 Å². The number of ether oxygens (including phenoxy) is 1. The summed E-state index contributed by atoms with van der Waals surface area (Å²) in [4.78, 5) is 0. The molecular formula is C15H14ClFO2. The van der Waals surface area contributed by atoms with Gasteiger partial charge in [0.05, 0.1) is 11.1 Å². The summed E-state index contributed by atoms with van der Waals surface area (Å²) in [5, 5.41) is 9.97. The Morgan fingerprint density at radius 2 is 2.00 bits per heavy atom. The number of rotatable bonds is 4. The first-order chi connectivity index (χ1) is 9.08. The molecule has 1 atom stereocenters. The fraction of sp³-hybridized carbons (Fsp3) is 0.200. The molecule has 0 saturated heterocycles. The lowest BCUT2D eigenvalue weighted by Crippen LogP contribution is -2.01. The van der Waals surface area contributed by atoms with Crippen LogP contribution in [0.5, 0.6) is 5.75 Å². The van der Waals surface area contributed by atoms with Crippen LogP contribution in [0.4, 0.5) is 4.39 Å². The molecule has 0 spiro atoms. The highest BCUT2D eigenvalue weighted by Crippen LogP contribution is 2.26. The van der Waals surface area contributed by atoms with Gasteiger partial charge in [-0.15, -0.1) is 0 Å². The Kier molecular flexibility index (Phi) is 4.40. The molecule has 0 heterocycles. The molecule has 0 aliphatic rings. The minimum atomic E-state index is -0.611. The molecule has 2 rings (SSSR count). The molecule has 0 aliphatic carbocycles. The molecule has 0 radical (unpaired) electrons. The van der Waals surface area contributed by atoms with Crippen molar-refractivity contribution in [2.24, 2.45) is 0 Å². The summed E-state index contributed by atoms with van der Waals surface area (Å²) in [6.07, 6.45) is -0.611. The normalized spacial score (nSPS) is 12.2. The van der Waals surface area contributed by atoms with Gasteiger partial charge in [0, 0.05) is 11.1 Å². The van der Waals surface area contributed by atoms with Gasteiger partial charge in [-0.2, -0.15) is 0 Å². The van der Waals surface area contributed by atoms with Crippen LogP contribution in [0.15, 0.2) is 42.5 Å². The van der Waals surface area contributed by atoms with Crippen molar-refractivity contribution in [3.63, 3.8) is 0 Å². The largest absolute Gasteiger partial charge is 0.488 e. The van der Waals surface area contributed by atoms with E-state index in [1.807, 2.05) is 12.1 Å². The van der Waals surface area contributed by atoms with Crippen molar-refractivity contribution in [3.8, 4) is 5.75 Å². The Labute approximate surface area is 116 Å². The van der Waals surface area contributed by atoms with Crippen LogP contribution in [-0.2, 0) is 6.61 Å². The number of aliphatic hydroxyl groups excluding tert-OH is 1. The molecule has 2 aromatic rings. The third kappa shape index (κ3) is 3.46. The van der Waals surface area contributed by atoms with Gasteiger partial charge in [-0.25, -0.2) is 4.39 Å². The minimum Gasteiger partial charge on any atom is -0.488 e. The summed E-state index contributed by atoms with van der Waals surface area (Å²) in [6, 6.07) is 11.4. The molecule has 0 unspecified atom stereocenters. The smallest absolute Gasteiger partial charge is 0.125 e. The summed E-state index contributed by atoms with van der Waals surface area (Å²) >= 11 is 5.93. The molecule has 0 bridgehead atoms. The van der Waals surface area contributed by atoms with Crippen LogP contribution >= 0.6 is 11.6 Å². The fourth-order valence-corrected chi connectivity index (χ4v) is 1.97. The molecule has 2 nitrogen and oxygen atoms in total. The van der Waals surface area contributed by atoms with Crippen LogP contribution in [0.2, 0.25) is 5.02 Å². The van der Waals surface area contributed by atoms with Gasteiger partial charge in [0.15, 0.2) is 0 Å². The quantitative estimate of drug-likeness (QED) is 0.913. The number of para-hydroxylation sites is 1. The Hall–Kier alpha value is -1.58. The van der Waals surface area contributed by atoms with Crippen LogP contribution in [-0.4, -0.2) is 5.11 Å². The van der Waals surface area contributed by atoms with Crippen molar-refractivity contribution in [1.29, 1.82) is 0 Å². The minimum absolute atomic E-state index is 0.225. The van der Waals surface area contributed by atoms with Crippen LogP contribution in [0, 0.1) is 5.82 Å². The number of aliphatic hydroxyl groups is 1. The number of hydrogen-bond acceptors (Lipinski definition) is 2. The predicted octanol–water partition coefficient (Wildman–Crippen LogP) is 4.11. The van der Waals surface area contributed by atoms with Crippen molar-refractivity contribution >= 4 is 11.6 Å². The molecule has 0 saturated carbocycles. The van der Waals surface area contributed by atoms with Gasteiger partial charge in [-0.1, -0.05) is 35.9 Å². The number of halogens is 2. The van der Waals surface area contributed by atoms with Gasteiger partial charge in [-0.3, -0.25) is 0 Å². The van der Waals surface area contributed by atoms with Crippen molar-refractivity contribution < 1.29 is 14.2 Å². The van der Waals surface area contributed by atoms with Crippen LogP contribution in [0.3, 0.4) is 0 Å². The maximum atomic E-state index is 12.9. The van der Waals surface area contributed by atoms with E-state index in [9.17, 15) is 9.50 Å². The second-order valence-electron chi connectivity index (χ2n) is 4.24. The summed E-state index contributed by atoms with van der Waals surface area (Å²) < 4.78 is 18.6. The average Bonchev–Trinajstić information content (AvgIpc) is 2.38. The Bertz CT molecular complexity index is 570. The van der Waals surface area contributed by atoms with Crippen molar-refractivity contribution in [1.82, 2.24) is 0 Å². The van der Waals surface area contributed by atoms with Crippen LogP contribution < -0.4 is 4.74 Å². The number of benzene rings is 2. The molecule has 19 heavy (non-hydrogen) atoms. The monoisotopic (exact) mass is 280 g/mol. The fourth-order valence-electron chi connectivity index (χ4n) is 1.75. The number of hydrogen-bond donors (Lipinski definition) is 1. The van der Waals surface area contributed by atoms with Crippen LogP contribution in [0.1, 0.15) is 24.2 Å². The zero-order chi connectivity index (χ0) is 13.8. The summed E-state index contributed by atoms with van der Waals surface area (Å²) in [7, 11) is 0. The molecule has 4 heteroatoms. The second-order valence-corrected chi connectivity index (χ2v) is 4.65. The highest BCUT2D eigenvalue weighted by Gasteiger charge is 2.09. The molecule has 0 aromatic heterocycles. The van der Waals surface area contributed by atoms with E-state index in [0.29, 0.717) is 21.9 Å². The van der Waals surface area contributed by atoms with E-state index in [2.05, 4.69) is 0 Å². The summed E-state index contributed by atoms with van der Waals surface area (Å²) in [5.41, 5.74) is 1.41. The summed E-state index contributed by atoms with van der Waals surface area (Å²) in [5.74, 6) is 0.219. The lowest BCUT2D eigenvalue weighted by atomic mass is 10.1. The molecular weight excluding hydrogens is 267 g/mol. The van der Waals surface area contributed by atoms with Gasteiger partial charge >= 0.3 is 0 Å². The lowest BCUT2D eigenvalue weighted by molar-refractivity contribution is 0.190. The van der Waals surface area contributed by atoms with E-state index < -0.39 is 6.10 Å². The first kappa shape index (κ1) is 13.8. The molecule has 0 fully saturated rings. The highest BCUT2D eigenvalue weighted by molar-refractivity contribution is 6.31. The van der Waals surface area contributed by atoms with E-state index in [0.717, 1.165) is 0 Å². The molecule has 1 N–H and O–H groups in total. The maximum Gasteiger partial charge on any atom is 0.125 e. The highest BCUT2D eigenvalue weighted by atomic mass is 35.5. The third-order valence-corrected chi connectivity index (χ3v) is 3.12. The van der Waals surface area contributed by atoms with Crippen molar-refractivity contribution in [2.75, 3.05) is 0 Å². The topological polar surface area (TPSA) is 29.5 Å². The SMILES string of the molecule is C[C@H](O)c1ccccc1OCc1ccc(F)cc1Cl. The maximum absolute atomic E-state index is 12.9. The van der Waals surface area contributed by atoms with Crippen LogP contribution in [0.25, 0.3) is 0 Å². The zero-order valence-corrected chi connectivity index (χ0v) is 11.2. The van der Waals surface area contributed by atoms with Crippen molar-refractivity contribution in [3.05, 3.63) is 64.4 Å². The molecule has 0 aliphatic heterocycles. The van der Waals surface area contributed by atoms with Gasteiger partial charge in [-0.05, 0) is 25.1 Å². The summed E-state index contributed by atoms with van der Waals surface area (Å²) in [6.45, 7) is 1.90. The Morgan fingerprint density at radius 3 is 2.68 bits per heavy atom. The van der Waals surface area contributed by atoms with E-state index in [4.69, 9.17) is 16.3 Å². The van der Waals surface area contributed by atoms with Gasteiger partial charge in [0.2, 0.25) is 0 Å². The first-order valence-electron chi connectivity index (χ1n) is 5.91. The Morgan fingerprint density at radius 1 is 1.26 bits per heavy atom. The molecule has 100 valence electrons. The van der Waals surface area contributed by atoms with Gasteiger partial charge in [0.1, 0.15) is 18.2 Å².